The third kappa shape index (κ3) is 3.92. The molecule has 0 aliphatic heterocycles. The van der Waals surface area contributed by atoms with E-state index in [1.807, 2.05) is 0 Å². The van der Waals surface area contributed by atoms with Crippen LogP contribution < -0.4 is 5.32 Å². The summed E-state index contributed by atoms with van der Waals surface area (Å²) in [5, 5.41) is 11.6. The zero-order valence-corrected chi connectivity index (χ0v) is 9.78. The minimum Gasteiger partial charge on any atom is -0.478 e. The molecule has 0 unspecified atom stereocenters. The summed E-state index contributed by atoms with van der Waals surface area (Å²) in [6.45, 7) is 4.00. The van der Waals surface area contributed by atoms with Crippen LogP contribution in [-0.4, -0.2) is 30.2 Å². The van der Waals surface area contributed by atoms with Crippen molar-refractivity contribution in [1.82, 2.24) is 5.32 Å². The number of aryl methyl sites for hydroxylation is 1. The van der Waals surface area contributed by atoms with Gasteiger partial charge in [-0.05, 0) is 19.9 Å². The van der Waals surface area contributed by atoms with Gasteiger partial charge in [0.15, 0.2) is 0 Å². The number of nitrogens with one attached hydrogen (secondary N) is 1. The molecule has 1 rings (SSSR count). The molecule has 0 aliphatic rings. The van der Waals surface area contributed by atoms with E-state index in [-0.39, 0.29) is 24.6 Å². The van der Waals surface area contributed by atoms with Crippen LogP contribution >= 0.6 is 0 Å². The minimum atomic E-state index is -1.03. The Kier molecular flexibility index (Phi) is 4.71. The van der Waals surface area contributed by atoms with Crippen molar-refractivity contribution in [3.63, 3.8) is 0 Å². The molecule has 0 atom stereocenters. The standard InChI is InChI=1S/C11H15NO5/c1-3-16-10(13)6-12-5-8-4-9(11(14)15)7(2)17-8/h4,12H,3,5-6H2,1-2H3,(H,14,15). The lowest BCUT2D eigenvalue weighted by Gasteiger charge is -2.02. The van der Waals surface area contributed by atoms with E-state index in [9.17, 15) is 9.59 Å². The summed E-state index contributed by atoms with van der Waals surface area (Å²) in [7, 11) is 0. The van der Waals surface area contributed by atoms with Crippen LogP contribution in [0.2, 0.25) is 0 Å². The average molecular weight is 241 g/mol. The van der Waals surface area contributed by atoms with Crippen LogP contribution in [0.1, 0.15) is 28.8 Å². The fourth-order valence-corrected chi connectivity index (χ4v) is 1.34. The largest absolute Gasteiger partial charge is 0.478 e. The Balaban J connectivity index is 2.45. The Morgan fingerprint density at radius 1 is 1.53 bits per heavy atom. The van der Waals surface area contributed by atoms with Crippen molar-refractivity contribution < 1.29 is 23.8 Å². The molecule has 2 N–H and O–H groups in total. The van der Waals surface area contributed by atoms with Crippen molar-refractivity contribution in [1.29, 1.82) is 0 Å². The number of carbonyl (C=O) groups is 2. The Labute approximate surface area is 98.6 Å². The molecule has 0 bridgehead atoms. The first-order valence-corrected chi connectivity index (χ1v) is 5.23. The van der Waals surface area contributed by atoms with E-state index in [2.05, 4.69) is 5.32 Å². The minimum absolute atomic E-state index is 0.0655. The Morgan fingerprint density at radius 2 is 2.24 bits per heavy atom. The van der Waals surface area contributed by atoms with E-state index < -0.39 is 5.97 Å². The van der Waals surface area contributed by atoms with E-state index >= 15 is 0 Å². The normalized spacial score (nSPS) is 10.2. The maximum atomic E-state index is 11.0. The first-order chi connectivity index (χ1) is 8.04. The number of ether oxygens (including phenoxy) is 1. The van der Waals surface area contributed by atoms with Crippen LogP contribution in [0, 0.1) is 6.92 Å². The molecule has 6 nitrogen and oxygen atoms in total. The highest BCUT2D eigenvalue weighted by atomic mass is 16.5. The highest BCUT2D eigenvalue weighted by molar-refractivity contribution is 5.88. The van der Waals surface area contributed by atoms with E-state index in [1.54, 1.807) is 13.8 Å². The summed E-state index contributed by atoms with van der Waals surface area (Å²) < 4.78 is 9.94. The molecule has 1 aromatic rings. The van der Waals surface area contributed by atoms with E-state index in [1.165, 1.54) is 6.07 Å². The van der Waals surface area contributed by atoms with Crippen molar-refractivity contribution in [2.45, 2.75) is 20.4 Å². The van der Waals surface area contributed by atoms with Crippen LogP contribution in [0.15, 0.2) is 10.5 Å². The van der Waals surface area contributed by atoms with Gasteiger partial charge in [0.1, 0.15) is 17.1 Å². The molecule has 0 radical (unpaired) electrons. The van der Waals surface area contributed by atoms with Gasteiger partial charge in [-0.25, -0.2) is 4.79 Å². The molecule has 0 aliphatic carbocycles. The number of esters is 1. The van der Waals surface area contributed by atoms with Crippen LogP contribution in [0.25, 0.3) is 0 Å². The molecule has 0 spiro atoms. The number of hydrogen-bond donors (Lipinski definition) is 2. The second kappa shape index (κ2) is 6.05. The maximum Gasteiger partial charge on any atom is 0.339 e. The molecule has 6 heteroatoms. The first kappa shape index (κ1) is 13.2. The monoisotopic (exact) mass is 241 g/mol. The van der Waals surface area contributed by atoms with Crippen LogP contribution in [0.5, 0.6) is 0 Å². The number of aromatic carboxylic acids is 1. The number of carbonyl (C=O) groups excluding carboxylic acids is 1. The number of carboxylic acid groups (broad SMARTS) is 1. The summed E-state index contributed by atoms with van der Waals surface area (Å²) in [6.07, 6.45) is 0. The topological polar surface area (TPSA) is 88.8 Å². The fourth-order valence-electron chi connectivity index (χ4n) is 1.34. The lowest BCUT2D eigenvalue weighted by atomic mass is 10.2. The molecule has 1 heterocycles. The zero-order valence-electron chi connectivity index (χ0n) is 9.78. The van der Waals surface area contributed by atoms with Crippen molar-refractivity contribution in [2.75, 3.05) is 13.2 Å². The van der Waals surface area contributed by atoms with Gasteiger partial charge in [0, 0.05) is 0 Å². The van der Waals surface area contributed by atoms with E-state index in [0.29, 0.717) is 18.1 Å². The van der Waals surface area contributed by atoms with Gasteiger partial charge in [0.2, 0.25) is 0 Å². The Morgan fingerprint density at radius 3 is 2.76 bits per heavy atom. The molecular weight excluding hydrogens is 226 g/mol. The number of rotatable bonds is 6. The smallest absolute Gasteiger partial charge is 0.339 e. The van der Waals surface area contributed by atoms with Gasteiger partial charge in [-0.1, -0.05) is 0 Å². The van der Waals surface area contributed by atoms with Gasteiger partial charge >= 0.3 is 11.9 Å². The molecule has 17 heavy (non-hydrogen) atoms. The second-order valence-corrected chi connectivity index (χ2v) is 3.40. The summed E-state index contributed by atoms with van der Waals surface area (Å²) in [6, 6.07) is 1.44. The second-order valence-electron chi connectivity index (χ2n) is 3.40. The predicted molar refractivity (Wildman–Crippen MR) is 58.7 cm³/mol. The van der Waals surface area contributed by atoms with Crippen molar-refractivity contribution in [3.8, 4) is 0 Å². The molecule has 0 amide bonds. The lowest BCUT2D eigenvalue weighted by Crippen LogP contribution is -2.24. The summed E-state index contributed by atoms with van der Waals surface area (Å²) >= 11 is 0. The fraction of sp³-hybridized carbons (Fsp3) is 0.455. The average Bonchev–Trinajstić information content (AvgIpc) is 2.60. The quantitative estimate of drug-likeness (QED) is 0.720. The molecule has 0 saturated heterocycles. The van der Waals surface area contributed by atoms with Crippen molar-refractivity contribution >= 4 is 11.9 Å². The van der Waals surface area contributed by atoms with Gasteiger partial charge in [-0.3, -0.25) is 10.1 Å². The Bertz CT molecular complexity index is 410. The molecule has 0 aromatic carbocycles. The Hall–Kier alpha value is -1.82. The maximum absolute atomic E-state index is 11.0. The summed E-state index contributed by atoms with van der Waals surface area (Å²) in [5.74, 6) is -0.549. The predicted octanol–water partition coefficient (Wildman–Crippen LogP) is 0.939. The first-order valence-electron chi connectivity index (χ1n) is 5.23. The number of hydrogen-bond acceptors (Lipinski definition) is 5. The highest BCUT2D eigenvalue weighted by Gasteiger charge is 2.13. The molecule has 0 fully saturated rings. The van der Waals surface area contributed by atoms with Gasteiger partial charge in [0.05, 0.1) is 19.7 Å². The molecular formula is C11H15NO5. The van der Waals surface area contributed by atoms with Crippen molar-refractivity contribution in [2.24, 2.45) is 0 Å². The van der Waals surface area contributed by atoms with Gasteiger partial charge < -0.3 is 14.3 Å². The van der Waals surface area contributed by atoms with E-state index in [0.717, 1.165) is 0 Å². The van der Waals surface area contributed by atoms with E-state index in [4.69, 9.17) is 14.3 Å². The SMILES string of the molecule is CCOC(=O)CNCc1cc(C(=O)O)c(C)o1. The third-order valence-corrected chi connectivity index (χ3v) is 2.07. The summed E-state index contributed by atoms with van der Waals surface area (Å²) in [4.78, 5) is 21.8. The van der Waals surface area contributed by atoms with Crippen LogP contribution in [0.4, 0.5) is 0 Å². The van der Waals surface area contributed by atoms with Gasteiger partial charge in [-0.15, -0.1) is 0 Å². The molecule has 1 aromatic heterocycles. The lowest BCUT2D eigenvalue weighted by molar-refractivity contribution is -0.142. The highest BCUT2D eigenvalue weighted by Crippen LogP contribution is 2.14. The van der Waals surface area contributed by atoms with Crippen LogP contribution in [0.3, 0.4) is 0 Å². The molecule has 0 saturated carbocycles. The van der Waals surface area contributed by atoms with Gasteiger partial charge in [-0.2, -0.15) is 0 Å². The van der Waals surface area contributed by atoms with Gasteiger partial charge in [0.25, 0.3) is 0 Å². The number of furan rings is 1. The third-order valence-electron chi connectivity index (χ3n) is 2.07. The van der Waals surface area contributed by atoms with Crippen LogP contribution in [-0.2, 0) is 16.1 Å². The summed E-state index contributed by atoms with van der Waals surface area (Å²) in [5.41, 5.74) is 0.137. The van der Waals surface area contributed by atoms with Crippen molar-refractivity contribution in [3.05, 3.63) is 23.2 Å². The zero-order chi connectivity index (χ0) is 12.8. The number of carboxylic acids is 1. The molecule has 94 valence electrons.